The summed E-state index contributed by atoms with van der Waals surface area (Å²) in [6.45, 7) is 14.5. The third kappa shape index (κ3) is 5.59. The van der Waals surface area contributed by atoms with Crippen LogP contribution in [0.1, 0.15) is 93.4 Å². The maximum Gasteiger partial charge on any atom is 0.187 e. The lowest BCUT2D eigenvalue weighted by Gasteiger charge is -2.66. The molecule has 4 aliphatic carbocycles. The lowest BCUT2D eigenvalue weighted by Crippen LogP contribution is -2.65. The molecule has 14 atom stereocenters. The van der Waals surface area contributed by atoms with Crippen LogP contribution in [-0.4, -0.2) is 94.1 Å². The van der Waals surface area contributed by atoms with Crippen molar-refractivity contribution in [3.63, 3.8) is 0 Å². The highest BCUT2D eigenvalue weighted by Crippen LogP contribution is 2.75. The van der Waals surface area contributed by atoms with Crippen LogP contribution in [0.2, 0.25) is 0 Å². The summed E-state index contributed by atoms with van der Waals surface area (Å²) >= 11 is 0. The number of aliphatic hydroxyl groups is 5. The van der Waals surface area contributed by atoms with Gasteiger partial charge in [-0.25, -0.2) is 0 Å². The van der Waals surface area contributed by atoms with E-state index in [-0.39, 0.29) is 28.8 Å². The summed E-state index contributed by atoms with van der Waals surface area (Å²) in [7, 11) is 1.75. The van der Waals surface area contributed by atoms with Gasteiger partial charge in [-0.15, -0.1) is 0 Å². The first kappa shape index (κ1) is 36.1. The molecule has 262 valence electrons. The third-order valence-electron chi connectivity index (χ3n) is 13.8. The predicted octanol–water partition coefficient (Wildman–Crippen LogP) is 3.93. The first-order chi connectivity index (χ1) is 21.4. The molecular formula is C37H60O9. The Labute approximate surface area is 275 Å². The smallest absolute Gasteiger partial charge is 0.187 e. The number of hydrogen-bond donors (Lipinski definition) is 5. The number of aldehydes is 1. The Bertz CT molecular complexity index is 1170. The molecular weight excluding hydrogens is 588 g/mol. The molecule has 1 aliphatic heterocycles. The van der Waals surface area contributed by atoms with Gasteiger partial charge in [-0.2, -0.15) is 0 Å². The van der Waals surface area contributed by atoms with Gasteiger partial charge >= 0.3 is 0 Å². The lowest BCUT2D eigenvalue weighted by molar-refractivity contribution is -0.320. The van der Waals surface area contributed by atoms with Crippen molar-refractivity contribution in [1.29, 1.82) is 0 Å². The van der Waals surface area contributed by atoms with Gasteiger partial charge in [0.05, 0.1) is 24.4 Å². The Kier molecular flexibility index (Phi) is 9.91. The third-order valence-corrected chi connectivity index (χ3v) is 13.8. The van der Waals surface area contributed by atoms with Gasteiger partial charge in [0.25, 0.3) is 0 Å². The number of carbonyl (C=O) groups excluding carboxylic acids is 1. The number of rotatable bonds is 9. The Morgan fingerprint density at radius 3 is 2.33 bits per heavy atom. The van der Waals surface area contributed by atoms with Crippen molar-refractivity contribution in [1.82, 2.24) is 0 Å². The molecule has 1 saturated heterocycles. The molecule has 5 N–H and O–H groups in total. The SMILES string of the molecule is COC1C=C2C(CCC(OC3OC(CO)C(O)C(O)C3O)C2(C)C)C2(C=O)CCC3(C)C(C(C)CC=CC(C)(C)O)CCC3(C)C12. The maximum absolute atomic E-state index is 13.6. The number of allylic oxidation sites excluding steroid dienone is 1. The van der Waals surface area contributed by atoms with Crippen LogP contribution in [0.3, 0.4) is 0 Å². The molecule has 3 saturated carbocycles. The van der Waals surface area contributed by atoms with Gasteiger partial charge in [0.1, 0.15) is 30.7 Å². The highest BCUT2D eigenvalue weighted by atomic mass is 16.7. The predicted molar refractivity (Wildman–Crippen MR) is 173 cm³/mol. The summed E-state index contributed by atoms with van der Waals surface area (Å²) in [5, 5.41) is 51.2. The summed E-state index contributed by atoms with van der Waals surface area (Å²) in [6, 6.07) is 0. The number of fused-ring (bicyclic) bond motifs is 5. The average Bonchev–Trinajstić information content (AvgIpc) is 3.28. The molecule has 14 unspecified atom stereocenters. The summed E-state index contributed by atoms with van der Waals surface area (Å²) in [4.78, 5) is 13.6. The normalized spacial score (nSPS) is 47.9. The number of ether oxygens (including phenoxy) is 3. The summed E-state index contributed by atoms with van der Waals surface area (Å²) < 4.78 is 18.4. The van der Waals surface area contributed by atoms with Crippen molar-refractivity contribution in [2.45, 2.75) is 142 Å². The minimum atomic E-state index is -1.51. The van der Waals surface area contributed by atoms with Crippen LogP contribution in [-0.2, 0) is 19.0 Å². The molecule has 0 amide bonds. The van der Waals surface area contributed by atoms with Crippen molar-refractivity contribution < 1.29 is 44.5 Å². The van der Waals surface area contributed by atoms with E-state index >= 15 is 0 Å². The van der Waals surface area contributed by atoms with E-state index in [1.165, 1.54) is 6.29 Å². The molecule has 5 rings (SSSR count). The van der Waals surface area contributed by atoms with Crippen molar-refractivity contribution >= 4 is 6.29 Å². The van der Waals surface area contributed by atoms with Crippen molar-refractivity contribution in [2.75, 3.05) is 13.7 Å². The zero-order valence-electron chi connectivity index (χ0n) is 29.2. The van der Waals surface area contributed by atoms with Crippen molar-refractivity contribution in [3.8, 4) is 0 Å². The van der Waals surface area contributed by atoms with Crippen molar-refractivity contribution in [3.05, 3.63) is 23.8 Å². The van der Waals surface area contributed by atoms with E-state index in [4.69, 9.17) is 14.2 Å². The standard InChI is InChI=1S/C37H60O9/c1-21(10-9-14-33(2,3)43)22-13-15-36(7)31-25(44-8)18-24-23(37(31,20-39)17-16-35(22,36)6)11-12-27(34(24,4)5)46-32-30(42)29(41)28(40)26(19-38)45-32/h9,14,18,20-23,25-32,38,40-43H,10-13,15-17,19H2,1-8H3. The van der Waals surface area contributed by atoms with E-state index in [0.29, 0.717) is 18.3 Å². The minimum Gasteiger partial charge on any atom is -0.394 e. The van der Waals surface area contributed by atoms with E-state index < -0.39 is 59.8 Å². The average molecular weight is 649 g/mol. The summed E-state index contributed by atoms with van der Waals surface area (Å²) in [5.74, 6) is 0.992. The zero-order chi connectivity index (χ0) is 34.0. The number of carbonyl (C=O) groups is 1. The molecule has 0 radical (unpaired) electrons. The second-order valence-electron chi connectivity index (χ2n) is 17.0. The summed E-state index contributed by atoms with van der Waals surface area (Å²) in [5.41, 5.74) is -0.888. The number of hydrogen-bond acceptors (Lipinski definition) is 9. The fourth-order valence-corrected chi connectivity index (χ4v) is 11.0. The van der Waals surface area contributed by atoms with E-state index in [2.05, 4.69) is 46.8 Å². The fraction of sp³-hybridized carbons (Fsp3) is 0.865. The molecule has 0 spiro atoms. The molecule has 0 aromatic rings. The van der Waals surface area contributed by atoms with Gasteiger partial charge in [0, 0.05) is 23.9 Å². The van der Waals surface area contributed by atoms with Gasteiger partial charge in [0.2, 0.25) is 0 Å². The van der Waals surface area contributed by atoms with Crippen molar-refractivity contribution in [2.24, 2.45) is 45.3 Å². The quantitative estimate of drug-likeness (QED) is 0.185. The van der Waals surface area contributed by atoms with Gasteiger partial charge in [-0.3, -0.25) is 0 Å². The maximum atomic E-state index is 13.6. The van der Waals surface area contributed by atoms with Crippen LogP contribution in [0.5, 0.6) is 0 Å². The van der Waals surface area contributed by atoms with E-state index in [1.54, 1.807) is 21.0 Å². The van der Waals surface area contributed by atoms with Crippen LogP contribution in [0.25, 0.3) is 0 Å². The number of aliphatic hydroxyl groups excluding tert-OH is 4. The molecule has 46 heavy (non-hydrogen) atoms. The lowest BCUT2D eigenvalue weighted by atomic mass is 9.38. The highest BCUT2D eigenvalue weighted by Gasteiger charge is 2.71. The molecule has 0 aromatic carbocycles. The first-order valence-electron chi connectivity index (χ1n) is 17.5. The largest absolute Gasteiger partial charge is 0.394 e. The van der Waals surface area contributed by atoms with Gasteiger partial charge < -0.3 is 44.5 Å². The molecule has 1 heterocycles. The summed E-state index contributed by atoms with van der Waals surface area (Å²) in [6.07, 6.45) is 6.41. The number of methoxy groups -OCH3 is 1. The highest BCUT2D eigenvalue weighted by molar-refractivity contribution is 5.65. The van der Waals surface area contributed by atoms with Crippen LogP contribution in [0.15, 0.2) is 23.8 Å². The van der Waals surface area contributed by atoms with Gasteiger partial charge in [0.15, 0.2) is 6.29 Å². The van der Waals surface area contributed by atoms with Gasteiger partial charge in [-0.1, -0.05) is 58.4 Å². The van der Waals surface area contributed by atoms with Gasteiger partial charge in [-0.05, 0) is 87.4 Å². The minimum absolute atomic E-state index is 0.0258. The zero-order valence-corrected chi connectivity index (χ0v) is 29.2. The Morgan fingerprint density at radius 1 is 1.02 bits per heavy atom. The Hall–Kier alpha value is -1.17. The molecule has 4 fully saturated rings. The second-order valence-corrected chi connectivity index (χ2v) is 17.0. The van der Waals surface area contributed by atoms with E-state index in [9.17, 15) is 30.3 Å². The topological polar surface area (TPSA) is 146 Å². The van der Waals surface area contributed by atoms with Crippen LogP contribution in [0, 0.1) is 45.3 Å². The monoisotopic (exact) mass is 648 g/mol. The second kappa shape index (κ2) is 12.6. The fourth-order valence-electron chi connectivity index (χ4n) is 11.0. The van der Waals surface area contributed by atoms with Crippen LogP contribution >= 0.6 is 0 Å². The molecule has 5 aliphatic rings. The molecule has 0 aromatic heterocycles. The molecule has 9 nitrogen and oxygen atoms in total. The van der Waals surface area contributed by atoms with Crippen LogP contribution in [0.4, 0.5) is 0 Å². The molecule has 9 heteroatoms. The first-order valence-corrected chi connectivity index (χ1v) is 17.5. The van der Waals surface area contributed by atoms with E-state index in [0.717, 1.165) is 44.1 Å². The Balaban J connectivity index is 1.45. The van der Waals surface area contributed by atoms with E-state index in [1.807, 2.05) is 6.08 Å². The van der Waals surface area contributed by atoms with Crippen LogP contribution < -0.4 is 0 Å². The molecule has 0 bridgehead atoms. The Morgan fingerprint density at radius 2 is 1.72 bits per heavy atom.